The standard InChI is InChI=1S/C13H25N3/c1-5-14-8-7-13(3,4)11-12-15-9-10-16(12)6-2/h9-10,14H,5-8,11H2,1-4H3. The first-order valence-corrected chi connectivity index (χ1v) is 6.30. The molecule has 92 valence electrons. The fraction of sp³-hybridized carbons (Fsp3) is 0.769. The Balaban J connectivity index is 2.51. The molecule has 1 N–H and O–H groups in total. The van der Waals surface area contributed by atoms with E-state index in [2.05, 4.69) is 48.8 Å². The zero-order chi connectivity index (χ0) is 12.0. The van der Waals surface area contributed by atoms with Gasteiger partial charge in [-0.05, 0) is 31.8 Å². The zero-order valence-electron chi connectivity index (χ0n) is 11.1. The molecule has 0 radical (unpaired) electrons. The molecular weight excluding hydrogens is 198 g/mol. The topological polar surface area (TPSA) is 29.9 Å². The van der Waals surface area contributed by atoms with E-state index in [0.29, 0.717) is 5.41 Å². The van der Waals surface area contributed by atoms with Crippen LogP contribution in [-0.4, -0.2) is 22.6 Å². The summed E-state index contributed by atoms with van der Waals surface area (Å²) in [5.74, 6) is 1.21. The predicted octanol–water partition coefficient (Wildman–Crippen LogP) is 2.47. The molecule has 1 rings (SSSR count). The van der Waals surface area contributed by atoms with E-state index >= 15 is 0 Å². The molecule has 0 aromatic carbocycles. The van der Waals surface area contributed by atoms with Gasteiger partial charge < -0.3 is 9.88 Å². The van der Waals surface area contributed by atoms with E-state index < -0.39 is 0 Å². The first-order valence-electron chi connectivity index (χ1n) is 6.30. The molecule has 0 aliphatic heterocycles. The molecule has 1 aromatic rings. The molecule has 0 bridgehead atoms. The Kier molecular flexibility index (Phi) is 5.00. The van der Waals surface area contributed by atoms with Gasteiger partial charge in [0.1, 0.15) is 5.82 Å². The minimum atomic E-state index is 0.320. The van der Waals surface area contributed by atoms with E-state index in [1.54, 1.807) is 0 Å². The number of nitrogens with one attached hydrogen (secondary N) is 1. The van der Waals surface area contributed by atoms with Gasteiger partial charge >= 0.3 is 0 Å². The van der Waals surface area contributed by atoms with Gasteiger partial charge in [-0.3, -0.25) is 0 Å². The molecule has 0 fully saturated rings. The Morgan fingerprint density at radius 3 is 2.75 bits per heavy atom. The number of aryl methyl sites for hydroxylation is 1. The summed E-state index contributed by atoms with van der Waals surface area (Å²) in [6, 6.07) is 0. The highest BCUT2D eigenvalue weighted by Crippen LogP contribution is 2.24. The van der Waals surface area contributed by atoms with Crippen molar-refractivity contribution in [2.24, 2.45) is 5.41 Å². The van der Waals surface area contributed by atoms with Crippen molar-refractivity contribution >= 4 is 0 Å². The van der Waals surface area contributed by atoms with Crippen molar-refractivity contribution in [1.82, 2.24) is 14.9 Å². The molecule has 0 spiro atoms. The lowest BCUT2D eigenvalue weighted by molar-refractivity contribution is 0.316. The Labute approximate surface area is 99.3 Å². The van der Waals surface area contributed by atoms with E-state index in [1.165, 1.54) is 12.2 Å². The Morgan fingerprint density at radius 2 is 2.12 bits per heavy atom. The molecule has 3 nitrogen and oxygen atoms in total. The van der Waals surface area contributed by atoms with Gasteiger partial charge in [-0.1, -0.05) is 20.8 Å². The van der Waals surface area contributed by atoms with Gasteiger partial charge in [0.25, 0.3) is 0 Å². The molecule has 1 aromatic heterocycles. The highest BCUT2D eigenvalue weighted by atomic mass is 15.1. The fourth-order valence-electron chi connectivity index (χ4n) is 1.92. The Bertz CT molecular complexity index is 302. The normalized spacial score (nSPS) is 12.0. The van der Waals surface area contributed by atoms with Gasteiger partial charge in [-0.15, -0.1) is 0 Å². The second kappa shape index (κ2) is 6.04. The van der Waals surface area contributed by atoms with E-state index in [-0.39, 0.29) is 0 Å². The smallest absolute Gasteiger partial charge is 0.109 e. The maximum Gasteiger partial charge on any atom is 0.109 e. The molecule has 0 saturated heterocycles. The predicted molar refractivity (Wildman–Crippen MR) is 68.5 cm³/mol. The van der Waals surface area contributed by atoms with Crippen LogP contribution in [0.5, 0.6) is 0 Å². The number of imidazole rings is 1. The first kappa shape index (κ1) is 13.2. The van der Waals surface area contributed by atoms with E-state index in [1.807, 2.05) is 6.20 Å². The van der Waals surface area contributed by atoms with Crippen LogP contribution in [0.4, 0.5) is 0 Å². The highest BCUT2D eigenvalue weighted by Gasteiger charge is 2.20. The number of hydrogen-bond acceptors (Lipinski definition) is 2. The minimum absolute atomic E-state index is 0.320. The van der Waals surface area contributed by atoms with E-state index in [0.717, 1.165) is 26.1 Å². The maximum atomic E-state index is 4.44. The summed E-state index contributed by atoms with van der Waals surface area (Å²) in [5, 5.41) is 3.39. The van der Waals surface area contributed by atoms with Crippen LogP contribution in [0.25, 0.3) is 0 Å². The third-order valence-electron chi connectivity index (χ3n) is 3.01. The number of aromatic nitrogens is 2. The quantitative estimate of drug-likeness (QED) is 0.720. The van der Waals surface area contributed by atoms with Crippen molar-refractivity contribution in [1.29, 1.82) is 0 Å². The minimum Gasteiger partial charge on any atom is -0.335 e. The lowest BCUT2D eigenvalue weighted by atomic mass is 9.85. The third-order valence-corrected chi connectivity index (χ3v) is 3.01. The molecular formula is C13H25N3. The molecule has 0 aliphatic carbocycles. The molecule has 1 heterocycles. The van der Waals surface area contributed by atoms with Crippen molar-refractivity contribution in [2.45, 2.75) is 47.1 Å². The maximum absolute atomic E-state index is 4.44. The summed E-state index contributed by atoms with van der Waals surface area (Å²) < 4.78 is 2.23. The van der Waals surface area contributed by atoms with Gasteiger partial charge in [0.05, 0.1) is 0 Å². The average Bonchev–Trinajstić information content (AvgIpc) is 2.64. The molecule has 0 unspecified atom stereocenters. The second-order valence-corrected chi connectivity index (χ2v) is 5.07. The van der Waals surface area contributed by atoms with Crippen LogP contribution >= 0.6 is 0 Å². The van der Waals surface area contributed by atoms with Crippen LogP contribution < -0.4 is 5.32 Å². The summed E-state index contributed by atoms with van der Waals surface area (Å²) in [7, 11) is 0. The highest BCUT2D eigenvalue weighted by molar-refractivity contribution is 4.96. The lowest BCUT2D eigenvalue weighted by Gasteiger charge is -2.24. The molecule has 0 aliphatic rings. The fourth-order valence-corrected chi connectivity index (χ4v) is 1.92. The van der Waals surface area contributed by atoms with Gasteiger partial charge in [0.2, 0.25) is 0 Å². The van der Waals surface area contributed by atoms with Crippen LogP contribution in [0, 0.1) is 5.41 Å². The van der Waals surface area contributed by atoms with Crippen LogP contribution in [0.2, 0.25) is 0 Å². The van der Waals surface area contributed by atoms with Crippen molar-refractivity contribution in [3.05, 3.63) is 18.2 Å². The van der Waals surface area contributed by atoms with Crippen LogP contribution in [0.15, 0.2) is 12.4 Å². The summed E-state index contributed by atoms with van der Waals surface area (Å²) in [6.07, 6.45) is 6.21. The van der Waals surface area contributed by atoms with E-state index in [9.17, 15) is 0 Å². The van der Waals surface area contributed by atoms with Crippen LogP contribution in [-0.2, 0) is 13.0 Å². The molecule has 3 heteroatoms. The zero-order valence-corrected chi connectivity index (χ0v) is 11.1. The van der Waals surface area contributed by atoms with Crippen molar-refractivity contribution in [2.75, 3.05) is 13.1 Å². The number of hydrogen-bond donors (Lipinski definition) is 1. The summed E-state index contributed by atoms with van der Waals surface area (Å²) in [6.45, 7) is 12.1. The summed E-state index contributed by atoms with van der Waals surface area (Å²) >= 11 is 0. The summed E-state index contributed by atoms with van der Waals surface area (Å²) in [5.41, 5.74) is 0.320. The number of rotatable bonds is 7. The average molecular weight is 223 g/mol. The van der Waals surface area contributed by atoms with E-state index in [4.69, 9.17) is 0 Å². The van der Waals surface area contributed by atoms with Crippen LogP contribution in [0.1, 0.15) is 39.9 Å². The summed E-state index contributed by atoms with van der Waals surface area (Å²) in [4.78, 5) is 4.44. The number of nitrogens with zero attached hydrogens (tertiary/aromatic N) is 2. The molecule has 0 saturated carbocycles. The van der Waals surface area contributed by atoms with Crippen molar-refractivity contribution in [3.63, 3.8) is 0 Å². The van der Waals surface area contributed by atoms with Crippen LogP contribution in [0.3, 0.4) is 0 Å². The SMILES string of the molecule is CCNCCC(C)(C)Cc1nccn1CC. The Hall–Kier alpha value is -0.830. The molecule has 0 atom stereocenters. The lowest BCUT2D eigenvalue weighted by Crippen LogP contribution is -2.25. The van der Waals surface area contributed by atoms with Crippen molar-refractivity contribution < 1.29 is 0 Å². The largest absolute Gasteiger partial charge is 0.335 e. The van der Waals surface area contributed by atoms with Gasteiger partial charge in [-0.2, -0.15) is 0 Å². The third kappa shape index (κ3) is 3.97. The monoisotopic (exact) mass is 223 g/mol. The second-order valence-electron chi connectivity index (χ2n) is 5.07. The van der Waals surface area contributed by atoms with Gasteiger partial charge in [0.15, 0.2) is 0 Å². The van der Waals surface area contributed by atoms with Gasteiger partial charge in [0, 0.05) is 25.4 Å². The molecule has 16 heavy (non-hydrogen) atoms. The first-order chi connectivity index (χ1) is 7.59. The van der Waals surface area contributed by atoms with Crippen molar-refractivity contribution in [3.8, 4) is 0 Å². The Morgan fingerprint density at radius 1 is 1.38 bits per heavy atom. The van der Waals surface area contributed by atoms with Gasteiger partial charge in [-0.25, -0.2) is 4.98 Å². The molecule has 0 amide bonds.